The molecule has 4 rings (SSSR count). The van der Waals surface area contributed by atoms with Gasteiger partial charge in [-0.3, -0.25) is 5.10 Å². The van der Waals surface area contributed by atoms with E-state index in [0.717, 1.165) is 16.8 Å². The fourth-order valence-electron chi connectivity index (χ4n) is 2.72. The van der Waals surface area contributed by atoms with Gasteiger partial charge in [-0.25, -0.2) is 4.39 Å². The Morgan fingerprint density at radius 3 is 2.56 bits per heavy atom. The quantitative estimate of drug-likeness (QED) is 0.597. The lowest BCUT2D eigenvalue weighted by atomic mass is 10.0. The molecule has 0 atom stereocenters. The molecule has 0 bridgehead atoms. The minimum Gasteiger partial charge on any atom is -0.332 e. The van der Waals surface area contributed by atoms with Crippen LogP contribution in [0.5, 0.6) is 0 Å². The molecular weight excluding hydrogens is 319 g/mol. The number of H-pyrrole nitrogens is 1. The lowest BCUT2D eigenvalue weighted by Gasteiger charge is -2.02. The number of halogens is 1. The Kier molecular flexibility index (Phi) is 3.65. The Balaban J connectivity index is 1.65. The van der Waals surface area contributed by atoms with E-state index in [9.17, 15) is 4.39 Å². The highest BCUT2D eigenvalue weighted by Gasteiger charge is 2.14. The van der Waals surface area contributed by atoms with E-state index in [1.54, 1.807) is 12.1 Å². The van der Waals surface area contributed by atoms with Crippen molar-refractivity contribution in [3.05, 3.63) is 65.5 Å². The zero-order valence-electron chi connectivity index (χ0n) is 13.7. The second-order valence-electron chi connectivity index (χ2n) is 5.92. The summed E-state index contributed by atoms with van der Waals surface area (Å²) >= 11 is 0. The summed E-state index contributed by atoms with van der Waals surface area (Å²) in [7, 11) is 0. The number of hydrogen-bond donors (Lipinski definition) is 1. The first-order valence-electron chi connectivity index (χ1n) is 7.83. The van der Waals surface area contributed by atoms with Gasteiger partial charge in [0.15, 0.2) is 0 Å². The van der Waals surface area contributed by atoms with Crippen LogP contribution < -0.4 is 0 Å². The molecular formula is C19H15FN4O. The summed E-state index contributed by atoms with van der Waals surface area (Å²) in [6.45, 7) is 4.11. The lowest BCUT2D eigenvalue weighted by molar-refractivity contribution is 0.431. The molecule has 2 aromatic carbocycles. The average molecular weight is 334 g/mol. The van der Waals surface area contributed by atoms with Crippen molar-refractivity contribution in [3.8, 4) is 34.2 Å². The molecule has 0 aliphatic heterocycles. The van der Waals surface area contributed by atoms with Crippen LogP contribution in [0.1, 0.15) is 11.1 Å². The molecule has 6 heteroatoms. The Hall–Kier alpha value is -3.28. The van der Waals surface area contributed by atoms with Gasteiger partial charge in [0.05, 0.1) is 5.69 Å². The van der Waals surface area contributed by atoms with Crippen molar-refractivity contribution in [3.63, 3.8) is 0 Å². The molecule has 2 aromatic heterocycles. The van der Waals surface area contributed by atoms with Gasteiger partial charge < -0.3 is 4.52 Å². The van der Waals surface area contributed by atoms with Crippen LogP contribution in [-0.4, -0.2) is 20.3 Å². The highest BCUT2D eigenvalue weighted by Crippen LogP contribution is 2.27. The van der Waals surface area contributed by atoms with Crippen LogP contribution in [0.4, 0.5) is 4.39 Å². The Bertz CT molecular complexity index is 1030. The van der Waals surface area contributed by atoms with Crippen molar-refractivity contribution < 1.29 is 8.91 Å². The third-order valence-electron chi connectivity index (χ3n) is 3.99. The maximum Gasteiger partial charge on any atom is 0.276 e. The smallest absolute Gasteiger partial charge is 0.276 e. The third-order valence-corrected chi connectivity index (χ3v) is 3.99. The van der Waals surface area contributed by atoms with Gasteiger partial charge in [0.25, 0.3) is 5.89 Å². The molecule has 4 aromatic rings. The van der Waals surface area contributed by atoms with Crippen molar-refractivity contribution >= 4 is 0 Å². The first-order chi connectivity index (χ1) is 12.1. The van der Waals surface area contributed by atoms with Gasteiger partial charge in [-0.2, -0.15) is 10.1 Å². The van der Waals surface area contributed by atoms with Crippen LogP contribution in [0.25, 0.3) is 34.2 Å². The molecule has 0 saturated heterocycles. The number of nitrogens with one attached hydrogen (secondary N) is 1. The van der Waals surface area contributed by atoms with Crippen LogP contribution in [-0.2, 0) is 0 Å². The van der Waals surface area contributed by atoms with Gasteiger partial charge in [-0.05, 0) is 49.7 Å². The van der Waals surface area contributed by atoms with Crippen molar-refractivity contribution in [2.75, 3.05) is 0 Å². The number of nitrogens with zero attached hydrogens (tertiary/aromatic N) is 3. The largest absolute Gasteiger partial charge is 0.332 e. The molecule has 0 aliphatic rings. The highest BCUT2D eigenvalue weighted by molar-refractivity contribution is 5.68. The van der Waals surface area contributed by atoms with E-state index >= 15 is 0 Å². The van der Waals surface area contributed by atoms with Crippen LogP contribution in [0.3, 0.4) is 0 Å². The van der Waals surface area contributed by atoms with Crippen LogP contribution in [0.15, 0.2) is 53.1 Å². The maximum absolute atomic E-state index is 13.0. The van der Waals surface area contributed by atoms with Gasteiger partial charge in [0, 0.05) is 11.1 Å². The maximum atomic E-state index is 13.0. The van der Waals surface area contributed by atoms with Gasteiger partial charge in [0.1, 0.15) is 11.5 Å². The summed E-state index contributed by atoms with van der Waals surface area (Å²) in [4.78, 5) is 4.35. The molecule has 0 radical (unpaired) electrons. The van der Waals surface area contributed by atoms with E-state index in [1.165, 1.54) is 17.7 Å². The Labute approximate surface area is 143 Å². The van der Waals surface area contributed by atoms with Gasteiger partial charge in [-0.1, -0.05) is 28.9 Å². The number of aryl methyl sites for hydroxylation is 2. The summed E-state index contributed by atoms with van der Waals surface area (Å²) in [6.07, 6.45) is 0. The van der Waals surface area contributed by atoms with E-state index in [1.807, 2.05) is 12.1 Å². The number of aromatic amines is 1. The number of hydrogen-bond acceptors (Lipinski definition) is 4. The first-order valence-corrected chi connectivity index (χ1v) is 7.83. The van der Waals surface area contributed by atoms with Gasteiger partial charge in [0.2, 0.25) is 5.82 Å². The predicted molar refractivity (Wildman–Crippen MR) is 92.2 cm³/mol. The monoisotopic (exact) mass is 334 g/mol. The molecule has 0 aliphatic carbocycles. The van der Waals surface area contributed by atoms with Crippen LogP contribution in [0.2, 0.25) is 0 Å². The number of aromatic nitrogens is 4. The van der Waals surface area contributed by atoms with E-state index in [-0.39, 0.29) is 5.82 Å². The first kappa shape index (κ1) is 15.3. The third kappa shape index (κ3) is 2.94. The summed E-state index contributed by atoms with van der Waals surface area (Å²) in [5.74, 6) is 0.430. The molecule has 1 N–H and O–H groups in total. The summed E-state index contributed by atoms with van der Waals surface area (Å²) in [5, 5.41) is 11.2. The topological polar surface area (TPSA) is 67.6 Å². The second-order valence-corrected chi connectivity index (χ2v) is 5.92. The molecule has 5 nitrogen and oxygen atoms in total. The predicted octanol–water partition coefficient (Wildman–Crippen LogP) is 4.55. The van der Waals surface area contributed by atoms with Crippen molar-refractivity contribution in [2.45, 2.75) is 13.8 Å². The minimum absolute atomic E-state index is 0.306. The standard InChI is InChI=1S/C19H15FN4O/c1-11-3-8-15(12(2)9-11)16-10-17(23-22-16)19-21-18(24-25-19)13-4-6-14(20)7-5-13/h3-10H,1-2H3,(H,22,23). The fraction of sp³-hybridized carbons (Fsp3) is 0.105. The molecule has 124 valence electrons. The minimum atomic E-state index is -0.306. The van der Waals surface area contributed by atoms with Crippen molar-refractivity contribution in [1.29, 1.82) is 0 Å². The second kappa shape index (κ2) is 5.98. The molecule has 2 heterocycles. The number of rotatable bonds is 3. The summed E-state index contributed by atoms with van der Waals surface area (Å²) in [6, 6.07) is 14.0. The van der Waals surface area contributed by atoms with Crippen LogP contribution >= 0.6 is 0 Å². The van der Waals surface area contributed by atoms with E-state index in [4.69, 9.17) is 4.52 Å². The summed E-state index contributed by atoms with van der Waals surface area (Å²) < 4.78 is 18.3. The SMILES string of the molecule is Cc1ccc(-c2cc(-c3nc(-c4ccc(F)cc4)no3)[nH]n2)c(C)c1. The fourth-order valence-corrected chi connectivity index (χ4v) is 2.72. The zero-order chi connectivity index (χ0) is 17.4. The normalized spacial score (nSPS) is 11.0. The van der Waals surface area contributed by atoms with E-state index in [0.29, 0.717) is 23.0 Å². The zero-order valence-corrected chi connectivity index (χ0v) is 13.7. The lowest BCUT2D eigenvalue weighted by Crippen LogP contribution is -1.84. The van der Waals surface area contributed by atoms with Crippen molar-refractivity contribution in [2.24, 2.45) is 0 Å². The molecule has 0 saturated carbocycles. The number of benzene rings is 2. The van der Waals surface area contributed by atoms with Gasteiger partial charge in [-0.15, -0.1) is 0 Å². The highest BCUT2D eigenvalue weighted by atomic mass is 19.1. The van der Waals surface area contributed by atoms with Gasteiger partial charge >= 0.3 is 0 Å². The molecule has 0 unspecified atom stereocenters. The molecule has 0 spiro atoms. The Morgan fingerprint density at radius 2 is 1.80 bits per heavy atom. The molecule has 0 amide bonds. The van der Waals surface area contributed by atoms with Crippen LogP contribution in [0, 0.1) is 19.7 Å². The van der Waals surface area contributed by atoms with E-state index < -0.39 is 0 Å². The average Bonchev–Trinajstić information content (AvgIpc) is 3.24. The Morgan fingerprint density at radius 1 is 1.00 bits per heavy atom. The van der Waals surface area contributed by atoms with Crippen molar-refractivity contribution in [1.82, 2.24) is 20.3 Å². The summed E-state index contributed by atoms with van der Waals surface area (Å²) in [5.41, 5.74) is 5.54. The molecule has 25 heavy (non-hydrogen) atoms. The molecule has 0 fully saturated rings. The van der Waals surface area contributed by atoms with E-state index in [2.05, 4.69) is 46.3 Å².